The fourth-order valence-electron chi connectivity index (χ4n) is 3.79. The Balaban J connectivity index is 1.21. The maximum atomic E-state index is 13.6. The van der Waals surface area contributed by atoms with Gasteiger partial charge in [-0.2, -0.15) is 24.3 Å². The predicted molar refractivity (Wildman–Crippen MR) is 141 cm³/mol. The number of carbonyl (C=O) groups is 1. The van der Waals surface area contributed by atoms with Gasteiger partial charge in [0.2, 0.25) is 34.8 Å². The highest BCUT2D eigenvalue weighted by Gasteiger charge is 2.28. The number of ether oxygens (including phenoxy) is 2. The molecule has 41 heavy (non-hydrogen) atoms. The number of esters is 1. The molecule has 0 saturated heterocycles. The van der Waals surface area contributed by atoms with E-state index >= 15 is 0 Å². The van der Waals surface area contributed by atoms with E-state index in [0.29, 0.717) is 36.4 Å². The molecule has 0 bridgehead atoms. The van der Waals surface area contributed by atoms with Crippen molar-refractivity contribution in [1.82, 2.24) is 0 Å². The molecule has 0 atom stereocenters. The topological polar surface area (TPSA) is 84.0 Å². The van der Waals surface area contributed by atoms with Gasteiger partial charge in [-0.15, -0.1) is 0 Å². The van der Waals surface area contributed by atoms with E-state index in [0.717, 1.165) is 44.3 Å². The second-order valence-electron chi connectivity index (χ2n) is 9.15. The molecule has 11 heteroatoms. The molecule has 0 fully saturated rings. The van der Waals surface area contributed by atoms with Crippen LogP contribution in [0.15, 0.2) is 58.8 Å². The molecule has 3 aromatic rings. The van der Waals surface area contributed by atoms with Crippen molar-refractivity contribution in [3.8, 4) is 17.6 Å². The van der Waals surface area contributed by atoms with Crippen molar-refractivity contribution in [3.63, 3.8) is 0 Å². The van der Waals surface area contributed by atoms with Crippen molar-refractivity contribution in [2.75, 3.05) is 6.61 Å². The van der Waals surface area contributed by atoms with Gasteiger partial charge in [-0.25, -0.2) is 13.2 Å². The zero-order valence-corrected chi connectivity index (χ0v) is 22.1. The summed E-state index contributed by atoms with van der Waals surface area (Å²) < 4.78 is 76.7. The minimum absolute atomic E-state index is 0.197. The van der Waals surface area contributed by atoms with Crippen molar-refractivity contribution in [3.05, 3.63) is 83.2 Å². The van der Waals surface area contributed by atoms with Gasteiger partial charge in [-0.05, 0) is 61.4 Å². The van der Waals surface area contributed by atoms with Crippen LogP contribution >= 0.6 is 0 Å². The molecule has 0 heterocycles. The van der Waals surface area contributed by atoms with E-state index < -0.39 is 40.8 Å². The standard InChI is InChI=1S/C30H28F5N3O3/c31-25-26(32)28(34)30(29(35)27(25)33)41-24(39)9-7-5-3-1-2-4-6-8-18-40-23-16-14-22(15-17-23)38-37-21-12-10-20(19-36)11-13-21/h10-17H,1-9,18H2. The molecule has 0 aliphatic heterocycles. The van der Waals surface area contributed by atoms with Crippen molar-refractivity contribution in [1.29, 1.82) is 5.26 Å². The molecule has 0 aromatic heterocycles. The Kier molecular flexibility index (Phi) is 12.2. The van der Waals surface area contributed by atoms with Crippen LogP contribution in [0.5, 0.6) is 11.5 Å². The Morgan fingerprint density at radius 1 is 0.659 bits per heavy atom. The van der Waals surface area contributed by atoms with Crippen molar-refractivity contribution in [2.45, 2.75) is 57.8 Å². The van der Waals surface area contributed by atoms with Crippen molar-refractivity contribution < 1.29 is 36.2 Å². The molecule has 0 spiro atoms. The minimum Gasteiger partial charge on any atom is -0.494 e. The van der Waals surface area contributed by atoms with Gasteiger partial charge in [0, 0.05) is 6.42 Å². The number of rotatable bonds is 15. The molecule has 0 aliphatic carbocycles. The summed E-state index contributed by atoms with van der Waals surface area (Å²) in [4.78, 5) is 11.8. The zero-order valence-electron chi connectivity index (χ0n) is 22.1. The largest absolute Gasteiger partial charge is 0.494 e. The third-order valence-corrected chi connectivity index (χ3v) is 6.04. The molecule has 0 radical (unpaired) electrons. The van der Waals surface area contributed by atoms with Crippen LogP contribution in [0, 0.1) is 40.4 Å². The summed E-state index contributed by atoms with van der Waals surface area (Å²) in [7, 11) is 0. The first-order valence-electron chi connectivity index (χ1n) is 13.2. The summed E-state index contributed by atoms with van der Waals surface area (Å²) in [5, 5.41) is 17.1. The fraction of sp³-hybridized carbons (Fsp3) is 0.333. The van der Waals surface area contributed by atoms with E-state index in [1.807, 2.05) is 12.1 Å². The molecule has 0 amide bonds. The molecular formula is C30H28F5N3O3. The fourth-order valence-corrected chi connectivity index (χ4v) is 3.79. The number of unbranched alkanes of at least 4 members (excludes halogenated alkanes) is 7. The highest BCUT2D eigenvalue weighted by Crippen LogP contribution is 2.29. The molecule has 216 valence electrons. The normalized spacial score (nSPS) is 11.0. The number of carbonyl (C=O) groups excluding carboxylic acids is 1. The van der Waals surface area contributed by atoms with Gasteiger partial charge < -0.3 is 9.47 Å². The number of halogens is 5. The summed E-state index contributed by atoms with van der Waals surface area (Å²) in [5.41, 5.74) is 1.90. The molecule has 0 unspecified atom stereocenters. The van der Waals surface area contributed by atoms with Crippen LogP contribution in [0.2, 0.25) is 0 Å². The van der Waals surface area contributed by atoms with Gasteiger partial charge in [-0.1, -0.05) is 38.5 Å². The predicted octanol–water partition coefficient (Wildman–Crippen LogP) is 9.16. The highest BCUT2D eigenvalue weighted by molar-refractivity contribution is 5.72. The van der Waals surface area contributed by atoms with E-state index in [2.05, 4.69) is 21.0 Å². The van der Waals surface area contributed by atoms with Crippen LogP contribution in [0.1, 0.15) is 63.4 Å². The lowest BCUT2D eigenvalue weighted by Crippen LogP contribution is -2.13. The number of azo groups is 1. The van der Waals surface area contributed by atoms with Gasteiger partial charge in [-0.3, -0.25) is 4.79 Å². The zero-order chi connectivity index (χ0) is 29.6. The first-order valence-corrected chi connectivity index (χ1v) is 13.2. The summed E-state index contributed by atoms with van der Waals surface area (Å²) in [6.07, 6.45) is 6.50. The third kappa shape index (κ3) is 9.67. The number of nitrogens with zero attached hydrogens (tertiary/aromatic N) is 3. The van der Waals surface area contributed by atoms with Crippen LogP contribution in [0.25, 0.3) is 0 Å². The average Bonchev–Trinajstić information content (AvgIpc) is 2.99. The van der Waals surface area contributed by atoms with E-state index in [9.17, 15) is 26.7 Å². The SMILES string of the molecule is N#Cc1ccc(N=Nc2ccc(OCCCCCCCCCCC(=O)Oc3c(F)c(F)c(F)c(F)c3F)cc2)cc1. The van der Waals surface area contributed by atoms with Gasteiger partial charge in [0.25, 0.3) is 0 Å². The van der Waals surface area contributed by atoms with E-state index in [-0.39, 0.29) is 6.42 Å². The van der Waals surface area contributed by atoms with E-state index in [1.54, 1.807) is 36.4 Å². The molecule has 0 aliphatic rings. The Morgan fingerprint density at radius 3 is 1.66 bits per heavy atom. The Morgan fingerprint density at radius 2 is 1.12 bits per heavy atom. The Bertz CT molecular complexity index is 1350. The summed E-state index contributed by atoms with van der Waals surface area (Å²) in [5.74, 6) is -12.9. The van der Waals surface area contributed by atoms with Crippen LogP contribution in [-0.4, -0.2) is 12.6 Å². The quantitative estimate of drug-likeness (QED) is 0.0345. The lowest BCUT2D eigenvalue weighted by atomic mass is 10.1. The summed E-state index contributed by atoms with van der Waals surface area (Å²) in [6.45, 7) is 0.581. The van der Waals surface area contributed by atoms with Crippen molar-refractivity contribution >= 4 is 17.3 Å². The second-order valence-corrected chi connectivity index (χ2v) is 9.15. The minimum atomic E-state index is -2.31. The molecule has 6 nitrogen and oxygen atoms in total. The highest BCUT2D eigenvalue weighted by atomic mass is 19.2. The van der Waals surface area contributed by atoms with Crippen LogP contribution in [0.3, 0.4) is 0 Å². The van der Waals surface area contributed by atoms with E-state index in [4.69, 9.17) is 10.00 Å². The Labute approximate surface area is 234 Å². The first-order chi connectivity index (χ1) is 19.8. The molecular weight excluding hydrogens is 545 g/mol. The maximum absolute atomic E-state index is 13.6. The van der Waals surface area contributed by atoms with Gasteiger partial charge in [0.05, 0.1) is 29.6 Å². The molecule has 3 aromatic carbocycles. The molecule has 0 saturated carbocycles. The lowest BCUT2D eigenvalue weighted by molar-refractivity contribution is -0.135. The van der Waals surface area contributed by atoms with Gasteiger partial charge in [0.15, 0.2) is 0 Å². The Hall–Kier alpha value is -4.33. The number of hydrogen-bond acceptors (Lipinski definition) is 6. The number of hydrogen-bond donors (Lipinski definition) is 0. The maximum Gasteiger partial charge on any atom is 0.311 e. The molecule has 3 rings (SSSR count). The van der Waals surface area contributed by atoms with Gasteiger partial charge in [0.1, 0.15) is 5.75 Å². The lowest BCUT2D eigenvalue weighted by Gasteiger charge is -2.09. The second kappa shape index (κ2) is 16.1. The first kappa shape index (κ1) is 31.2. The van der Waals surface area contributed by atoms with Crippen LogP contribution in [-0.2, 0) is 4.79 Å². The van der Waals surface area contributed by atoms with Crippen LogP contribution in [0.4, 0.5) is 33.3 Å². The third-order valence-electron chi connectivity index (χ3n) is 6.04. The van der Waals surface area contributed by atoms with Gasteiger partial charge >= 0.3 is 5.97 Å². The number of benzene rings is 3. The van der Waals surface area contributed by atoms with Crippen LogP contribution < -0.4 is 9.47 Å². The average molecular weight is 574 g/mol. The summed E-state index contributed by atoms with van der Waals surface area (Å²) in [6, 6.07) is 16.1. The molecule has 0 N–H and O–H groups in total. The monoisotopic (exact) mass is 573 g/mol. The number of nitriles is 1. The summed E-state index contributed by atoms with van der Waals surface area (Å²) >= 11 is 0. The van der Waals surface area contributed by atoms with Crippen molar-refractivity contribution in [2.24, 2.45) is 10.2 Å². The van der Waals surface area contributed by atoms with E-state index in [1.165, 1.54) is 0 Å². The smallest absolute Gasteiger partial charge is 0.311 e.